The summed E-state index contributed by atoms with van der Waals surface area (Å²) in [6.45, 7) is 4.17. The first-order valence-corrected chi connectivity index (χ1v) is 8.56. The minimum Gasteiger partial charge on any atom is -0.454 e. The van der Waals surface area contributed by atoms with Crippen molar-refractivity contribution in [1.29, 1.82) is 0 Å². The lowest BCUT2D eigenvalue weighted by atomic mass is 10.1. The molecule has 134 valence electrons. The predicted molar refractivity (Wildman–Crippen MR) is 101 cm³/mol. The van der Waals surface area contributed by atoms with Crippen molar-refractivity contribution in [3.63, 3.8) is 0 Å². The number of nitrogens with one attached hydrogen (secondary N) is 1. The quantitative estimate of drug-likeness (QED) is 0.695. The number of fused-ring (bicyclic) bond motifs is 1. The highest BCUT2D eigenvalue weighted by Gasteiger charge is 2.12. The first-order valence-electron chi connectivity index (χ1n) is 8.56. The van der Waals surface area contributed by atoms with Crippen LogP contribution in [-0.2, 0) is 27.4 Å². The Bertz CT molecular complexity index is 943. The van der Waals surface area contributed by atoms with Crippen LogP contribution in [0.15, 0.2) is 54.6 Å². The Hall–Kier alpha value is -3.08. The number of hydrogen-bond donors (Lipinski definition) is 1. The van der Waals surface area contributed by atoms with Gasteiger partial charge in [-0.25, -0.2) is 0 Å². The van der Waals surface area contributed by atoms with Crippen LogP contribution in [-0.4, -0.2) is 23.1 Å². The van der Waals surface area contributed by atoms with Gasteiger partial charge in [-0.05, 0) is 42.5 Å². The van der Waals surface area contributed by atoms with Gasteiger partial charge in [-0.2, -0.15) is 0 Å². The molecule has 5 nitrogen and oxygen atoms in total. The Kier molecular flexibility index (Phi) is 5.37. The van der Waals surface area contributed by atoms with Gasteiger partial charge in [-0.15, -0.1) is 0 Å². The van der Waals surface area contributed by atoms with Crippen molar-refractivity contribution in [2.75, 3.05) is 6.61 Å². The van der Waals surface area contributed by atoms with Crippen molar-refractivity contribution < 1.29 is 14.3 Å². The van der Waals surface area contributed by atoms with Crippen LogP contribution >= 0.6 is 0 Å². The highest BCUT2D eigenvalue weighted by Crippen LogP contribution is 2.19. The number of carbonyl (C=O) groups excluding carboxylic acids is 2. The molecule has 1 N–H and O–H groups in total. The van der Waals surface area contributed by atoms with Crippen LogP contribution < -0.4 is 5.32 Å². The second-order valence-electron chi connectivity index (χ2n) is 6.29. The zero-order chi connectivity index (χ0) is 18.5. The summed E-state index contributed by atoms with van der Waals surface area (Å²) in [4.78, 5) is 24.0. The molecule has 1 aromatic heterocycles. The lowest BCUT2D eigenvalue weighted by Crippen LogP contribution is -2.29. The Morgan fingerprint density at radius 1 is 1.04 bits per heavy atom. The Morgan fingerprint density at radius 2 is 1.77 bits per heavy atom. The fraction of sp³-hybridized carbons (Fsp3) is 0.238. The molecule has 5 heteroatoms. The van der Waals surface area contributed by atoms with Gasteiger partial charge in [0.05, 0.1) is 0 Å². The van der Waals surface area contributed by atoms with Crippen LogP contribution in [0.1, 0.15) is 16.8 Å². The number of aryl methyl sites for hydroxylation is 2. The number of amides is 1. The summed E-state index contributed by atoms with van der Waals surface area (Å²) in [6.07, 6.45) is 0. The minimum absolute atomic E-state index is 0.0877. The summed E-state index contributed by atoms with van der Waals surface area (Å²) in [5.41, 5.74) is 4.11. The molecule has 0 aliphatic heterocycles. The SMILES string of the molecule is Cc1ccccc1CNC(=O)COC(=O)Cn1c(C)cc2ccccc21. The normalized spacial score (nSPS) is 10.7. The summed E-state index contributed by atoms with van der Waals surface area (Å²) in [6, 6.07) is 17.7. The van der Waals surface area contributed by atoms with Crippen molar-refractivity contribution >= 4 is 22.8 Å². The second kappa shape index (κ2) is 7.87. The van der Waals surface area contributed by atoms with E-state index >= 15 is 0 Å². The molecule has 0 fully saturated rings. The summed E-state index contributed by atoms with van der Waals surface area (Å²) in [5, 5.41) is 3.85. The molecule has 0 saturated heterocycles. The topological polar surface area (TPSA) is 60.3 Å². The van der Waals surface area contributed by atoms with Gasteiger partial charge in [-0.3, -0.25) is 9.59 Å². The average Bonchev–Trinajstić information content (AvgIpc) is 2.95. The number of rotatable bonds is 6. The smallest absolute Gasteiger partial charge is 0.326 e. The molecule has 0 aliphatic carbocycles. The Labute approximate surface area is 152 Å². The molecule has 3 rings (SSSR count). The summed E-state index contributed by atoms with van der Waals surface area (Å²) < 4.78 is 7.02. The highest BCUT2D eigenvalue weighted by atomic mass is 16.5. The van der Waals surface area contributed by atoms with E-state index in [1.54, 1.807) is 0 Å². The molecule has 1 heterocycles. The number of esters is 1. The third-order valence-electron chi connectivity index (χ3n) is 4.41. The number of ether oxygens (including phenoxy) is 1. The first kappa shape index (κ1) is 17.7. The zero-order valence-electron chi connectivity index (χ0n) is 15.0. The van der Waals surface area contributed by atoms with Gasteiger partial charge in [0.1, 0.15) is 6.54 Å². The minimum atomic E-state index is -0.430. The van der Waals surface area contributed by atoms with Crippen molar-refractivity contribution in [2.24, 2.45) is 0 Å². The maximum Gasteiger partial charge on any atom is 0.326 e. The monoisotopic (exact) mass is 350 g/mol. The van der Waals surface area contributed by atoms with Crippen LogP contribution in [0.4, 0.5) is 0 Å². The molecule has 2 aromatic carbocycles. The maximum absolute atomic E-state index is 12.1. The van der Waals surface area contributed by atoms with Crippen LogP contribution in [0.25, 0.3) is 10.9 Å². The third-order valence-corrected chi connectivity index (χ3v) is 4.41. The van der Waals surface area contributed by atoms with Gasteiger partial charge < -0.3 is 14.6 Å². The van der Waals surface area contributed by atoms with Gasteiger partial charge >= 0.3 is 5.97 Å². The summed E-state index contributed by atoms with van der Waals surface area (Å²) >= 11 is 0. The van der Waals surface area contributed by atoms with E-state index in [4.69, 9.17) is 4.74 Å². The average molecular weight is 350 g/mol. The summed E-state index contributed by atoms with van der Waals surface area (Å²) in [7, 11) is 0. The molecule has 0 spiro atoms. The van der Waals surface area contributed by atoms with Crippen LogP contribution in [0.2, 0.25) is 0 Å². The van der Waals surface area contributed by atoms with Crippen LogP contribution in [0, 0.1) is 13.8 Å². The van der Waals surface area contributed by atoms with Crippen molar-refractivity contribution in [1.82, 2.24) is 9.88 Å². The van der Waals surface area contributed by atoms with E-state index in [1.807, 2.05) is 73.0 Å². The van der Waals surface area contributed by atoms with Gasteiger partial charge in [0.15, 0.2) is 6.61 Å². The van der Waals surface area contributed by atoms with Gasteiger partial charge in [0.25, 0.3) is 5.91 Å². The molecule has 0 atom stereocenters. The number of aromatic nitrogens is 1. The van der Waals surface area contributed by atoms with Crippen molar-refractivity contribution in [3.05, 3.63) is 71.4 Å². The van der Waals surface area contributed by atoms with Gasteiger partial charge in [-0.1, -0.05) is 42.5 Å². The fourth-order valence-corrected chi connectivity index (χ4v) is 2.93. The van der Waals surface area contributed by atoms with E-state index in [1.165, 1.54) is 0 Å². The van der Waals surface area contributed by atoms with Gasteiger partial charge in [0, 0.05) is 17.8 Å². The number of carbonyl (C=O) groups is 2. The lowest BCUT2D eigenvalue weighted by molar-refractivity contribution is -0.149. The predicted octanol–water partition coefficient (Wildman–Crippen LogP) is 3.12. The largest absolute Gasteiger partial charge is 0.454 e. The number of para-hydroxylation sites is 1. The molecule has 0 bridgehead atoms. The molecular formula is C21H22N2O3. The van der Waals surface area contributed by atoms with E-state index in [9.17, 15) is 9.59 Å². The van der Waals surface area contributed by atoms with Crippen molar-refractivity contribution in [3.8, 4) is 0 Å². The van der Waals surface area contributed by atoms with E-state index in [0.29, 0.717) is 6.54 Å². The number of nitrogens with zero attached hydrogens (tertiary/aromatic N) is 1. The van der Waals surface area contributed by atoms with E-state index < -0.39 is 5.97 Å². The van der Waals surface area contributed by atoms with Gasteiger partial charge in [0.2, 0.25) is 0 Å². The van der Waals surface area contributed by atoms with E-state index in [0.717, 1.165) is 27.7 Å². The highest BCUT2D eigenvalue weighted by molar-refractivity contribution is 5.84. The molecule has 0 unspecified atom stereocenters. The first-order chi connectivity index (χ1) is 12.5. The third kappa shape index (κ3) is 4.11. The van der Waals surface area contributed by atoms with Crippen molar-refractivity contribution in [2.45, 2.75) is 26.9 Å². The zero-order valence-corrected chi connectivity index (χ0v) is 15.0. The van der Waals surface area contributed by atoms with Crippen LogP contribution in [0.5, 0.6) is 0 Å². The number of benzene rings is 2. The standard InChI is InChI=1S/C21H22N2O3/c1-15-7-3-4-9-18(15)12-22-20(24)14-26-21(25)13-23-16(2)11-17-8-5-6-10-19(17)23/h3-11H,12-14H2,1-2H3,(H,22,24). The Balaban J connectivity index is 1.51. The maximum atomic E-state index is 12.1. The van der Waals surface area contributed by atoms with E-state index in [2.05, 4.69) is 5.32 Å². The number of hydrogen-bond acceptors (Lipinski definition) is 3. The fourth-order valence-electron chi connectivity index (χ4n) is 2.93. The molecule has 3 aromatic rings. The molecule has 26 heavy (non-hydrogen) atoms. The van der Waals surface area contributed by atoms with E-state index in [-0.39, 0.29) is 19.1 Å². The second-order valence-corrected chi connectivity index (χ2v) is 6.29. The molecule has 0 aliphatic rings. The van der Waals surface area contributed by atoms with Crippen LogP contribution in [0.3, 0.4) is 0 Å². The lowest BCUT2D eigenvalue weighted by Gasteiger charge is -2.10. The Morgan fingerprint density at radius 3 is 2.58 bits per heavy atom. The molecular weight excluding hydrogens is 328 g/mol. The molecule has 1 amide bonds. The molecule has 0 saturated carbocycles. The molecule has 0 radical (unpaired) electrons. The summed E-state index contributed by atoms with van der Waals surface area (Å²) in [5.74, 6) is -0.740.